The summed E-state index contributed by atoms with van der Waals surface area (Å²) in [5, 5.41) is 0. The molecule has 0 amide bonds. The lowest BCUT2D eigenvalue weighted by molar-refractivity contribution is 0.138. The van der Waals surface area contributed by atoms with Crippen LogP contribution in [0, 0.1) is 29.6 Å². The molecule has 1 aliphatic carbocycles. The maximum absolute atomic E-state index is 2.52. The highest BCUT2D eigenvalue weighted by atomic mass is 14.4. The van der Waals surface area contributed by atoms with E-state index in [9.17, 15) is 0 Å². The third-order valence-electron chi connectivity index (χ3n) is 5.65. The van der Waals surface area contributed by atoms with Gasteiger partial charge in [-0.2, -0.15) is 0 Å². The average Bonchev–Trinajstić information content (AvgIpc) is 2.95. The van der Waals surface area contributed by atoms with Crippen molar-refractivity contribution in [2.75, 3.05) is 0 Å². The monoisotopic (exact) mass is 282 g/mol. The van der Waals surface area contributed by atoms with Crippen LogP contribution in [0.3, 0.4) is 0 Å². The lowest BCUT2D eigenvalue weighted by Crippen LogP contribution is -2.28. The molecule has 20 heavy (non-hydrogen) atoms. The van der Waals surface area contributed by atoms with Crippen LogP contribution in [-0.4, -0.2) is 0 Å². The Bertz CT molecular complexity index is 208. The molecule has 5 atom stereocenters. The van der Waals surface area contributed by atoms with Crippen molar-refractivity contribution in [3.63, 3.8) is 0 Å². The van der Waals surface area contributed by atoms with Crippen LogP contribution in [0.4, 0.5) is 0 Å². The molecule has 5 unspecified atom stereocenters. The van der Waals surface area contributed by atoms with Gasteiger partial charge in [0.15, 0.2) is 0 Å². The van der Waals surface area contributed by atoms with Gasteiger partial charge in [0, 0.05) is 0 Å². The van der Waals surface area contributed by atoms with Crippen LogP contribution in [0.5, 0.6) is 0 Å². The van der Waals surface area contributed by atoms with Crippen LogP contribution in [0.25, 0.3) is 0 Å². The molecule has 1 saturated carbocycles. The van der Waals surface area contributed by atoms with Crippen molar-refractivity contribution in [1.29, 1.82) is 0 Å². The van der Waals surface area contributed by atoms with Gasteiger partial charge in [0.05, 0.1) is 0 Å². The van der Waals surface area contributed by atoms with E-state index in [4.69, 9.17) is 0 Å². The molecule has 0 radical (unpaired) electrons. The SMILES string of the molecule is CC.CCCC(C)C(CCC)C1CCCC1C(C)CC. The molecule has 0 heterocycles. The lowest BCUT2D eigenvalue weighted by Gasteiger charge is -2.35. The summed E-state index contributed by atoms with van der Waals surface area (Å²) in [5.74, 6) is 4.99. The zero-order valence-corrected chi connectivity index (χ0v) is 15.5. The Kier molecular flexibility index (Phi) is 11.6. The van der Waals surface area contributed by atoms with E-state index in [0.29, 0.717) is 0 Å². The van der Waals surface area contributed by atoms with Crippen LogP contribution >= 0.6 is 0 Å². The number of hydrogen-bond acceptors (Lipinski definition) is 0. The van der Waals surface area contributed by atoms with E-state index in [2.05, 4.69) is 34.6 Å². The Morgan fingerprint density at radius 2 is 1.40 bits per heavy atom. The summed E-state index contributed by atoms with van der Waals surface area (Å²) in [6.07, 6.45) is 11.6. The largest absolute Gasteiger partial charge is 0.0683 e. The van der Waals surface area contributed by atoms with Crippen LogP contribution < -0.4 is 0 Å². The quantitative estimate of drug-likeness (QED) is 0.437. The van der Waals surface area contributed by atoms with E-state index in [1.807, 2.05) is 13.8 Å². The molecule has 0 saturated heterocycles. The summed E-state index contributed by atoms with van der Waals surface area (Å²) in [7, 11) is 0. The molecular weight excluding hydrogens is 240 g/mol. The third kappa shape index (κ3) is 5.78. The minimum absolute atomic E-state index is 0.949. The molecule has 0 spiro atoms. The summed E-state index contributed by atoms with van der Waals surface area (Å²) in [6, 6.07) is 0. The minimum atomic E-state index is 0.949. The van der Waals surface area contributed by atoms with E-state index in [0.717, 1.165) is 29.6 Å². The molecule has 0 aromatic heterocycles. The first kappa shape index (κ1) is 20.0. The van der Waals surface area contributed by atoms with Crippen LogP contribution in [0.1, 0.15) is 99.8 Å². The fourth-order valence-corrected chi connectivity index (χ4v) is 4.48. The van der Waals surface area contributed by atoms with Crippen LogP contribution in [0.15, 0.2) is 0 Å². The molecule has 0 bridgehead atoms. The van der Waals surface area contributed by atoms with Gasteiger partial charge in [0.1, 0.15) is 0 Å². The summed E-state index contributed by atoms with van der Waals surface area (Å²) in [6.45, 7) is 16.1. The van der Waals surface area contributed by atoms with Crippen molar-refractivity contribution < 1.29 is 0 Å². The van der Waals surface area contributed by atoms with E-state index in [-0.39, 0.29) is 0 Å². The highest BCUT2D eigenvalue weighted by molar-refractivity contribution is 4.87. The second-order valence-corrected chi connectivity index (χ2v) is 6.86. The zero-order valence-electron chi connectivity index (χ0n) is 15.5. The molecule has 0 heteroatoms. The molecule has 0 aromatic carbocycles. The van der Waals surface area contributed by atoms with Gasteiger partial charge in [-0.25, -0.2) is 0 Å². The van der Waals surface area contributed by atoms with Crippen molar-refractivity contribution in [3.8, 4) is 0 Å². The number of rotatable bonds is 8. The maximum atomic E-state index is 2.52. The topological polar surface area (TPSA) is 0 Å². The van der Waals surface area contributed by atoms with Gasteiger partial charge in [-0.1, -0.05) is 87.0 Å². The molecule has 0 aliphatic heterocycles. The van der Waals surface area contributed by atoms with Gasteiger partial charge in [-0.15, -0.1) is 0 Å². The van der Waals surface area contributed by atoms with Crippen LogP contribution in [0.2, 0.25) is 0 Å². The molecule has 1 aliphatic rings. The van der Waals surface area contributed by atoms with Crippen molar-refractivity contribution >= 4 is 0 Å². The van der Waals surface area contributed by atoms with Crippen molar-refractivity contribution in [1.82, 2.24) is 0 Å². The Morgan fingerprint density at radius 3 is 1.90 bits per heavy atom. The fraction of sp³-hybridized carbons (Fsp3) is 1.00. The molecule has 0 nitrogen and oxygen atoms in total. The Balaban J connectivity index is 0.00000172. The molecule has 122 valence electrons. The standard InChI is InChI=1S/C18H36.C2H6/c1-6-10-15(5)16(11-7-2)18-13-9-12-17(18)14(4)8-3;1-2/h14-18H,6-13H2,1-5H3;1-2H3. The number of hydrogen-bond donors (Lipinski definition) is 0. The Hall–Kier alpha value is 0. The van der Waals surface area contributed by atoms with Gasteiger partial charge >= 0.3 is 0 Å². The predicted octanol–water partition coefficient (Wildman–Crippen LogP) is 7.33. The normalized spacial score (nSPS) is 26.6. The lowest BCUT2D eigenvalue weighted by atomic mass is 9.70. The maximum Gasteiger partial charge on any atom is -0.0352 e. The van der Waals surface area contributed by atoms with Gasteiger partial charge in [-0.05, 0) is 42.4 Å². The van der Waals surface area contributed by atoms with Crippen molar-refractivity contribution in [2.24, 2.45) is 29.6 Å². The fourth-order valence-electron chi connectivity index (χ4n) is 4.48. The van der Waals surface area contributed by atoms with E-state index in [1.165, 1.54) is 51.4 Å². The first-order valence-corrected chi connectivity index (χ1v) is 9.65. The van der Waals surface area contributed by atoms with Crippen molar-refractivity contribution in [3.05, 3.63) is 0 Å². The van der Waals surface area contributed by atoms with Gasteiger partial charge < -0.3 is 0 Å². The highest BCUT2D eigenvalue weighted by Gasteiger charge is 2.37. The second-order valence-electron chi connectivity index (χ2n) is 6.86. The first-order chi connectivity index (χ1) is 9.65. The highest BCUT2D eigenvalue weighted by Crippen LogP contribution is 2.46. The summed E-state index contributed by atoms with van der Waals surface area (Å²) >= 11 is 0. The summed E-state index contributed by atoms with van der Waals surface area (Å²) < 4.78 is 0. The molecule has 1 fully saturated rings. The Morgan fingerprint density at radius 1 is 0.850 bits per heavy atom. The molecule has 0 aromatic rings. The second kappa shape index (κ2) is 11.6. The van der Waals surface area contributed by atoms with Gasteiger partial charge in [0.25, 0.3) is 0 Å². The summed E-state index contributed by atoms with van der Waals surface area (Å²) in [4.78, 5) is 0. The van der Waals surface area contributed by atoms with E-state index < -0.39 is 0 Å². The first-order valence-electron chi connectivity index (χ1n) is 9.65. The average molecular weight is 283 g/mol. The molecule has 0 N–H and O–H groups in total. The van der Waals surface area contributed by atoms with Gasteiger partial charge in [0.2, 0.25) is 0 Å². The minimum Gasteiger partial charge on any atom is -0.0683 e. The summed E-state index contributed by atoms with van der Waals surface area (Å²) in [5.41, 5.74) is 0. The zero-order chi connectivity index (χ0) is 15.5. The van der Waals surface area contributed by atoms with Crippen LogP contribution in [-0.2, 0) is 0 Å². The molecular formula is C20H42. The van der Waals surface area contributed by atoms with Crippen molar-refractivity contribution in [2.45, 2.75) is 99.8 Å². The van der Waals surface area contributed by atoms with Gasteiger partial charge in [-0.3, -0.25) is 0 Å². The van der Waals surface area contributed by atoms with E-state index in [1.54, 1.807) is 0 Å². The Labute approximate surface area is 130 Å². The molecule has 1 rings (SSSR count). The third-order valence-corrected chi connectivity index (χ3v) is 5.65. The predicted molar refractivity (Wildman–Crippen MR) is 94.1 cm³/mol. The van der Waals surface area contributed by atoms with E-state index >= 15 is 0 Å². The smallest absolute Gasteiger partial charge is 0.0352 e.